The van der Waals surface area contributed by atoms with Crippen LogP contribution in [0.1, 0.15) is 53.0 Å². The Kier molecular flexibility index (Phi) is 10.9. The third-order valence-corrected chi connectivity index (χ3v) is 4.48. The van der Waals surface area contributed by atoms with Gasteiger partial charge in [0.25, 0.3) is 5.91 Å². The van der Waals surface area contributed by atoms with Gasteiger partial charge in [-0.3, -0.25) is 9.59 Å². The molecule has 0 fully saturated rings. The average molecular weight is 458 g/mol. The smallest absolute Gasteiger partial charge is 0.339 e. The van der Waals surface area contributed by atoms with Gasteiger partial charge in [-0.05, 0) is 37.1 Å². The Morgan fingerprint density at radius 2 is 1.52 bits per heavy atom. The number of carbonyl (C=O) groups excluding carboxylic acids is 3. The van der Waals surface area contributed by atoms with Gasteiger partial charge in [-0.1, -0.05) is 32.0 Å². The Bertz CT molecular complexity index is 942. The summed E-state index contributed by atoms with van der Waals surface area (Å²) < 4.78 is 21.4. The minimum absolute atomic E-state index is 0.0783. The summed E-state index contributed by atoms with van der Waals surface area (Å²) in [7, 11) is 1.52. The highest BCUT2D eigenvalue weighted by Gasteiger charge is 2.21. The lowest BCUT2D eigenvalue weighted by atomic mass is 9.98. The summed E-state index contributed by atoms with van der Waals surface area (Å²) in [6, 6.07) is 11.3. The van der Waals surface area contributed by atoms with E-state index < -0.39 is 18.5 Å². The van der Waals surface area contributed by atoms with Gasteiger partial charge in [0.15, 0.2) is 23.9 Å². The molecule has 0 spiro atoms. The van der Waals surface area contributed by atoms with Crippen LogP contribution < -0.4 is 14.8 Å². The quantitative estimate of drug-likeness (QED) is 0.264. The Hall–Kier alpha value is -3.39. The number of methoxy groups -OCH3 is 1. The molecule has 33 heavy (non-hydrogen) atoms. The van der Waals surface area contributed by atoms with Crippen LogP contribution in [0.2, 0.25) is 0 Å². The van der Waals surface area contributed by atoms with Crippen LogP contribution in [0.4, 0.5) is 0 Å². The zero-order valence-corrected chi connectivity index (χ0v) is 19.3. The molecule has 1 amide bonds. The number of amides is 1. The molecule has 0 saturated carbocycles. The first-order valence-corrected chi connectivity index (χ1v) is 11.0. The average Bonchev–Trinajstić information content (AvgIpc) is 2.84. The van der Waals surface area contributed by atoms with Crippen molar-refractivity contribution in [1.82, 2.24) is 5.32 Å². The number of carbonyl (C=O) groups is 3. The highest BCUT2D eigenvalue weighted by atomic mass is 16.5. The zero-order chi connectivity index (χ0) is 24.1. The minimum Gasteiger partial charge on any atom is -0.490 e. The second kappa shape index (κ2) is 13.9. The molecular formula is C25H31NO7. The van der Waals surface area contributed by atoms with Crippen molar-refractivity contribution in [2.24, 2.45) is 0 Å². The first-order valence-electron chi connectivity index (χ1n) is 11.0. The molecule has 2 aromatic carbocycles. The number of ketones is 1. The fourth-order valence-electron chi connectivity index (χ4n) is 2.87. The lowest BCUT2D eigenvalue weighted by molar-refractivity contribution is -0.124. The van der Waals surface area contributed by atoms with E-state index in [0.29, 0.717) is 43.4 Å². The third-order valence-electron chi connectivity index (χ3n) is 4.48. The highest BCUT2D eigenvalue weighted by Crippen LogP contribution is 2.30. The van der Waals surface area contributed by atoms with E-state index in [0.717, 1.165) is 12.8 Å². The largest absolute Gasteiger partial charge is 0.490 e. The van der Waals surface area contributed by atoms with Gasteiger partial charge in [-0.15, -0.1) is 0 Å². The molecule has 0 aromatic heterocycles. The van der Waals surface area contributed by atoms with E-state index in [9.17, 15) is 14.4 Å². The third kappa shape index (κ3) is 7.91. The molecule has 0 bridgehead atoms. The van der Waals surface area contributed by atoms with E-state index in [1.54, 1.807) is 36.4 Å². The van der Waals surface area contributed by atoms with Gasteiger partial charge in [0, 0.05) is 24.8 Å². The molecule has 0 aliphatic heterocycles. The summed E-state index contributed by atoms with van der Waals surface area (Å²) in [5.41, 5.74) is 0.600. The van der Waals surface area contributed by atoms with Crippen molar-refractivity contribution in [3.63, 3.8) is 0 Å². The van der Waals surface area contributed by atoms with Gasteiger partial charge in [-0.2, -0.15) is 0 Å². The van der Waals surface area contributed by atoms with E-state index >= 15 is 0 Å². The summed E-state index contributed by atoms with van der Waals surface area (Å²) in [4.78, 5) is 37.6. The standard InChI is InChI=1S/C25H31NO7/c1-4-13-31-21-11-10-18(16-22(21)32-14-5-2)24(28)19-8-6-7-9-20(19)25(29)33-17-23(27)26-12-15-30-3/h6-11,16H,4-5,12-15,17H2,1-3H3,(H,26,27). The van der Waals surface area contributed by atoms with E-state index in [1.165, 1.54) is 13.2 Å². The topological polar surface area (TPSA) is 100 Å². The molecular weight excluding hydrogens is 426 g/mol. The summed E-state index contributed by atoms with van der Waals surface area (Å²) >= 11 is 0. The number of ether oxygens (including phenoxy) is 4. The van der Waals surface area contributed by atoms with Crippen LogP contribution in [0.25, 0.3) is 0 Å². The molecule has 2 aromatic rings. The van der Waals surface area contributed by atoms with Crippen LogP contribution >= 0.6 is 0 Å². The molecule has 2 rings (SSSR count). The van der Waals surface area contributed by atoms with Gasteiger partial charge in [0.05, 0.1) is 25.4 Å². The maximum Gasteiger partial charge on any atom is 0.339 e. The van der Waals surface area contributed by atoms with Crippen LogP contribution in [0.15, 0.2) is 42.5 Å². The first-order chi connectivity index (χ1) is 16.0. The van der Waals surface area contributed by atoms with E-state index in [1.807, 2.05) is 13.8 Å². The zero-order valence-electron chi connectivity index (χ0n) is 19.3. The van der Waals surface area contributed by atoms with Crippen LogP contribution in [0.5, 0.6) is 11.5 Å². The van der Waals surface area contributed by atoms with Crippen molar-refractivity contribution >= 4 is 17.7 Å². The normalized spacial score (nSPS) is 10.4. The van der Waals surface area contributed by atoms with Gasteiger partial charge >= 0.3 is 5.97 Å². The second-order valence-corrected chi connectivity index (χ2v) is 7.15. The fourth-order valence-corrected chi connectivity index (χ4v) is 2.87. The Labute approximate surface area is 194 Å². The van der Waals surface area contributed by atoms with Crippen molar-refractivity contribution < 1.29 is 33.3 Å². The molecule has 0 radical (unpaired) electrons. The van der Waals surface area contributed by atoms with Crippen LogP contribution in [-0.4, -0.2) is 57.7 Å². The van der Waals surface area contributed by atoms with Crippen LogP contribution in [0.3, 0.4) is 0 Å². The van der Waals surface area contributed by atoms with Crippen molar-refractivity contribution in [2.75, 3.05) is 40.1 Å². The molecule has 0 atom stereocenters. The number of hydrogen-bond acceptors (Lipinski definition) is 7. The Morgan fingerprint density at radius 1 is 0.848 bits per heavy atom. The predicted octanol–water partition coefficient (Wildman–Crippen LogP) is 3.41. The number of esters is 1. The van der Waals surface area contributed by atoms with Gasteiger partial charge in [0.1, 0.15) is 0 Å². The van der Waals surface area contributed by atoms with Crippen molar-refractivity contribution in [1.29, 1.82) is 0 Å². The number of benzene rings is 2. The summed E-state index contributed by atoms with van der Waals surface area (Å²) in [6.07, 6.45) is 1.65. The maximum atomic E-state index is 13.2. The van der Waals surface area contributed by atoms with Crippen molar-refractivity contribution in [2.45, 2.75) is 26.7 Å². The van der Waals surface area contributed by atoms with E-state index in [-0.39, 0.29) is 16.9 Å². The molecule has 1 N–H and O–H groups in total. The number of hydrogen-bond donors (Lipinski definition) is 1. The molecule has 0 aliphatic rings. The SMILES string of the molecule is CCCOc1ccc(C(=O)c2ccccc2C(=O)OCC(=O)NCCOC)cc1OCCC. The number of nitrogens with one attached hydrogen (secondary N) is 1. The lowest BCUT2D eigenvalue weighted by Gasteiger charge is -2.14. The molecule has 178 valence electrons. The van der Waals surface area contributed by atoms with E-state index in [2.05, 4.69) is 5.32 Å². The molecule has 8 nitrogen and oxygen atoms in total. The van der Waals surface area contributed by atoms with E-state index in [4.69, 9.17) is 18.9 Å². The predicted molar refractivity (Wildman–Crippen MR) is 123 cm³/mol. The fraction of sp³-hybridized carbons (Fsp3) is 0.400. The number of rotatable bonds is 14. The van der Waals surface area contributed by atoms with Crippen LogP contribution in [0, 0.1) is 0 Å². The highest BCUT2D eigenvalue weighted by molar-refractivity contribution is 6.14. The monoisotopic (exact) mass is 457 g/mol. The van der Waals surface area contributed by atoms with Gasteiger partial charge in [-0.25, -0.2) is 4.79 Å². The molecule has 8 heteroatoms. The molecule has 0 unspecified atom stereocenters. The second-order valence-electron chi connectivity index (χ2n) is 7.15. The summed E-state index contributed by atoms with van der Waals surface area (Å²) in [5, 5.41) is 2.56. The molecule has 0 aliphatic carbocycles. The molecule has 0 heterocycles. The van der Waals surface area contributed by atoms with Crippen molar-refractivity contribution in [3.05, 3.63) is 59.2 Å². The Balaban J connectivity index is 2.19. The van der Waals surface area contributed by atoms with Gasteiger partial charge < -0.3 is 24.3 Å². The van der Waals surface area contributed by atoms with Gasteiger partial charge in [0.2, 0.25) is 0 Å². The maximum absolute atomic E-state index is 13.2. The van der Waals surface area contributed by atoms with Crippen molar-refractivity contribution in [3.8, 4) is 11.5 Å². The van der Waals surface area contributed by atoms with Crippen LogP contribution in [-0.2, 0) is 14.3 Å². The lowest BCUT2D eigenvalue weighted by Crippen LogP contribution is -2.31. The summed E-state index contributed by atoms with van der Waals surface area (Å²) in [6.45, 7) is 5.21. The first kappa shape index (κ1) is 25.9. The summed E-state index contributed by atoms with van der Waals surface area (Å²) in [5.74, 6) is -0.538. The minimum atomic E-state index is -0.758. The Morgan fingerprint density at radius 3 is 2.18 bits per heavy atom. The molecule has 0 saturated heterocycles.